The summed E-state index contributed by atoms with van der Waals surface area (Å²) in [6.45, 7) is 4.11. The van der Waals surface area contributed by atoms with Gasteiger partial charge in [0.2, 0.25) is 5.91 Å². The number of unbranched alkanes of at least 4 members (excludes halogenated alkanes) is 4. The number of benzene rings is 1. The fourth-order valence-electron chi connectivity index (χ4n) is 1.89. The van der Waals surface area contributed by atoms with E-state index in [4.69, 9.17) is 5.73 Å². The van der Waals surface area contributed by atoms with Crippen molar-refractivity contribution in [1.29, 1.82) is 0 Å². The Labute approximate surface area is 110 Å². The van der Waals surface area contributed by atoms with Gasteiger partial charge >= 0.3 is 0 Å². The zero-order valence-corrected chi connectivity index (χ0v) is 11.5. The Hall–Kier alpha value is -1.51. The molecular weight excluding hydrogens is 224 g/mol. The summed E-state index contributed by atoms with van der Waals surface area (Å²) in [6, 6.07) is 5.59. The Morgan fingerprint density at radius 3 is 2.67 bits per heavy atom. The highest BCUT2D eigenvalue weighted by molar-refractivity contribution is 5.92. The van der Waals surface area contributed by atoms with Crippen LogP contribution in [0.15, 0.2) is 18.2 Å². The molecule has 1 aromatic rings. The lowest BCUT2D eigenvalue weighted by Gasteiger charge is -2.10. The average molecular weight is 248 g/mol. The highest BCUT2D eigenvalue weighted by atomic mass is 16.1. The number of hydrogen-bond donors (Lipinski definition) is 2. The molecule has 0 spiro atoms. The fraction of sp³-hybridized carbons (Fsp3) is 0.533. The van der Waals surface area contributed by atoms with Crippen LogP contribution in [0.1, 0.15) is 51.0 Å². The van der Waals surface area contributed by atoms with Gasteiger partial charge in [0, 0.05) is 17.8 Å². The molecule has 0 aromatic heterocycles. The second-order valence-corrected chi connectivity index (χ2v) is 4.73. The molecule has 1 aromatic carbocycles. The second-order valence-electron chi connectivity index (χ2n) is 4.73. The topological polar surface area (TPSA) is 55.1 Å². The number of nitrogens with one attached hydrogen (secondary N) is 1. The van der Waals surface area contributed by atoms with Crippen LogP contribution in [-0.4, -0.2) is 5.91 Å². The zero-order chi connectivity index (χ0) is 13.4. The largest absolute Gasteiger partial charge is 0.398 e. The Balaban J connectivity index is 2.34. The first-order valence-corrected chi connectivity index (χ1v) is 6.80. The number of nitrogen functional groups attached to an aromatic ring is 1. The maximum absolute atomic E-state index is 11.8. The first-order valence-electron chi connectivity index (χ1n) is 6.80. The summed E-state index contributed by atoms with van der Waals surface area (Å²) in [4.78, 5) is 11.8. The molecule has 0 radical (unpaired) electrons. The number of anilines is 2. The van der Waals surface area contributed by atoms with Crippen LogP contribution in [-0.2, 0) is 4.79 Å². The van der Waals surface area contributed by atoms with E-state index in [0.717, 1.165) is 29.8 Å². The van der Waals surface area contributed by atoms with Gasteiger partial charge in [0.05, 0.1) is 0 Å². The maximum Gasteiger partial charge on any atom is 0.224 e. The molecule has 0 aliphatic carbocycles. The van der Waals surface area contributed by atoms with Gasteiger partial charge in [-0.3, -0.25) is 4.79 Å². The molecule has 18 heavy (non-hydrogen) atoms. The van der Waals surface area contributed by atoms with Crippen molar-refractivity contribution in [2.45, 2.75) is 52.4 Å². The Morgan fingerprint density at radius 2 is 1.94 bits per heavy atom. The third-order valence-electron chi connectivity index (χ3n) is 3.16. The molecule has 0 saturated carbocycles. The monoisotopic (exact) mass is 248 g/mol. The van der Waals surface area contributed by atoms with Crippen molar-refractivity contribution in [1.82, 2.24) is 0 Å². The summed E-state index contributed by atoms with van der Waals surface area (Å²) in [7, 11) is 0. The Morgan fingerprint density at radius 1 is 1.22 bits per heavy atom. The standard InChI is InChI=1S/C15H24N2O/c1-3-4-5-6-7-11-15(18)17-14-10-8-9-13(16)12(14)2/h8-10H,3-7,11,16H2,1-2H3,(H,17,18). The number of carbonyl (C=O) groups excluding carboxylic acids is 1. The van der Waals surface area contributed by atoms with Crippen molar-refractivity contribution in [3.8, 4) is 0 Å². The SMILES string of the molecule is CCCCCCCC(=O)Nc1cccc(N)c1C. The fourth-order valence-corrected chi connectivity index (χ4v) is 1.89. The summed E-state index contributed by atoms with van der Waals surface area (Å²) in [5, 5.41) is 2.92. The molecule has 0 saturated heterocycles. The summed E-state index contributed by atoms with van der Waals surface area (Å²) in [5.41, 5.74) is 8.29. The predicted octanol–water partition coefficient (Wildman–Crippen LogP) is 3.88. The normalized spacial score (nSPS) is 10.3. The van der Waals surface area contributed by atoms with Crippen LogP contribution >= 0.6 is 0 Å². The molecular formula is C15H24N2O. The van der Waals surface area contributed by atoms with Crippen molar-refractivity contribution >= 4 is 17.3 Å². The minimum atomic E-state index is 0.0835. The number of rotatable bonds is 7. The van der Waals surface area contributed by atoms with Crippen LogP contribution in [0.5, 0.6) is 0 Å². The summed E-state index contributed by atoms with van der Waals surface area (Å²) < 4.78 is 0. The first-order chi connectivity index (χ1) is 8.65. The minimum Gasteiger partial charge on any atom is -0.398 e. The van der Waals surface area contributed by atoms with Gasteiger partial charge in [0.25, 0.3) is 0 Å². The number of nitrogens with two attached hydrogens (primary N) is 1. The summed E-state index contributed by atoms with van der Waals surface area (Å²) in [6.07, 6.45) is 6.41. The van der Waals surface area contributed by atoms with Crippen LogP contribution in [0.25, 0.3) is 0 Å². The van der Waals surface area contributed by atoms with Crippen LogP contribution in [0, 0.1) is 6.92 Å². The Kier molecular flexibility index (Phi) is 6.26. The molecule has 0 atom stereocenters. The van der Waals surface area contributed by atoms with Gasteiger partial charge in [0.1, 0.15) is 0 Å². The van der Waals surface area contributed by atoms with Crippen LogP contribution in [0.4, 0.5) is 11.4 Å². The van der Waals surface area contributed by atoms with E-state index in [-0.39, 0.29) is 5.91 Å². The van der Waals surface area contributed by atoms with E-state index in [1.165, 1.54) is 19.3 Å². The van der Waals surface area contributed by atoms with E-state index < -0.39 is 0 Å². The summed E-state index contributed by atoms with van der Waals surface area (Å²) in [5.74, 6) is 0.0835. The molecule has 0 aliphatic heterocycles. The molecule has 0 heterocycles. The zero-order valence-electron chi connectivity index (χ0n) is 11.5. The molecule has 100 valence electrons. The molecule has 0 bridgehead atoms. The molecule has 1 amide bonds. The molecule has 3 N–H and O–H groups in total. The van der Waals surface area contributed by atoms with E-state index in [2.05, 4.69) is 12.2 Å². The van der Waals surface area contributed by atoms with Gasteiger partial charge in [-0.05, 0) is 31.0 Å². The van der Waals surface area contributed by atoms with Gasteiger partial charge in [-0.25, -0.2) is 0 Å². The first kappa shape index (κ1) is 14.6. The number of hydrogen-bond acceptors (Lipinski definition) is 2. The second kappa shape index (κ2) is 7.75. The van der Waals surface area contributed by atoms with E-state index in [1.807, 2.05) is 25.1 Å². The van der Waals surface area contributed by atoms with Gasteiger partial charge in [0.15, 0.2) is 0 Å². The van der Waals surface area contributed by atoms with Crippen LogP contribution < -0.4 is 11.1 Å². The van der Waals surface area contributed by atoms with E-state index >= 15 is 0 Å². The molecule has 3 heteroatoms. The molecule has 1 rings (SSSR count). The van der Waals surface area contributed by atoms with Gasteiger partial charge in [-0.1, -0.05) is 38.7 Å². The smallest absolute Gasteiger partial charge is 0.224 e. The van der Waals surface area contributed by atoms with E-state index in [0.29, 0.717) is 6.42 Å². The highest BCUT2D eigenvalue weighted by Gasteiger charge is 2.05. The van der Waals surface area contributed by atoms with E-state index in [9.17, 15) is 4.79 Å². The predicted molar refractivity (Wildman–Crippen MR) is 77.6 cm³/mol. The van der Waals surface area contributed by atoms with Crippen molar-refractivity contribution in [2.75, 3.05) is 11.1 Å². The van der Waals surface area contributed by atoms with Crippen molar-refractivity contribution in [2.24, 2.45) is 0 Å². The van der Waals surface area contributed by atoms with Crippen LogP contribution in [0.2, 0.25) is 0 Å². The molecule has 0 fully saturated rings. The maximum atomic E-state index is 11.8. The number of carbonyl (C=O) groups is 1. The Bertz CT molecular complexity index is 388. The lowest BCUT2D eigenvalue weighted by molar-refractivity contribution is -0.116. The summed E-state index contributed by atoms with van der Waals surface area (Å²) >= 11 is 0. The van der Waals surface area contributed by atoms with Crippen molar-refractivity contribution < 1.29 is 4.79 Å². The van der Waals surface area contributed by atoms with Crippen LogP contribution in [0.3, 0.4) is 0 Å². The van der Waals surface area contributed by atoms with Crippen molar-refractivity contribution in [3.05, 3.63) is 23.8 Å². The quantitative estimate of drug-likeness (QED) is 0.568. The average Bonchev–Trinajstić information content (AvgIpc) is 2.35. The third-order valence-corrected chi connectivity index (χ3v) is 3.16. The lowest BCUT2D eigenvalue weighted by Crippen LogP contribution is -2.12. The third kappa shape index (κ3) is 4.78. The van der Waals surface area contributed by atoms with Gasteiger partial charge < -0.3 is 11.1 Å². The van der Waals surface area contributed by atoms with Gasteiger partial charge in [-0.2, -0.15) is 0 Å². The van der Waals surface area contributed by atoms with Gasteiger partial charge in [-0.15, -0.1) is 0 Å². The number of amides is 1. The molecule has 0 unspecified atom stereocenters. The van der Waals surface area contributed by atoms with E-state index in [1.54, 1.807) is 0 Å². The molecule has 3 nitrogen and oxygen atoms in total. The highest BCUT2D eigenvalue weighted by Crippen LogP contribution is 2.20. The van der Waals surface area contributed by atoms with Crippen molar-refractivity contribution in [3.63, 3.8) is 0 Å². The lowest BCUT2D eigenvalue weighted by atomic mass is 10.1. The molecule has 0 aliphatic rings. The minimum absolute atomic E-state index is 0.0835.